The highest BCUT2D eigenvalue weighted by atomic mass is 16.4. The molecule has 0 saturated heterocycles. The molecule has 92 valence electrons. The smallest absolute Gasteiger partial charge is 0.307 e. The molecule has 0 radical (unpaired) electrons. The fourth-order valence-electron chi connectivity index (χ4n) is 2.03. The summed E-state index contributed by atoms with van der Waals surface area (Å²) in [5.41, 5.74) is 5.06. The first-order valence-corrected chi connectivity index (χ1v) is 6.09. The second kappa shape index (κ2) is 6.24. The Kier molecular flexibility index (Phi) is 4.95. The molecule has 0 saturated carbocycles. The van der Waals surface area contributed by atoms with Crippen LogP contribution in [-0.4, -0.2) is 11.1 Å². The molecule has 0 aliphatic carbocycles. The fourth-order valence-corrected chi connectivity index (χ4v) is 2.03. The Morgan fingerprint density at radius 1 is 1.24 bits per heavy atom. The lowest BCUT2D eigenvalue weighted by atomic mass is 9.94. The molecule has 1 rings (SSSR count). The lowest BCUT2D eigenvalue weighted by molar-refractivity contribution is -0.135. The normalized spacial score (nSPS) is 11.0. The maximum atomic E-state index is 10.5. The Morgan fingerprint density at radius 3 is 2.18 bits per heavy atom. The van der Waals surface area contributed by atoms with Crippen molar-refractivity contribution in [2.24, 2.45) is 0 Å². The standard InChI is InChI=1S/C15H20O2/c1-4-12-9-11(3)10-13(5-2)14(12)7-6-8-15(16)17/h6-7,9-10H,4-5,8H2,1-3H3,(H,16,17). The van der Waals surface area contributed by atoms with E-state index in [4.69, 9.17) is 5.11 Å². The minimum absolute atomic E-state index is 0.0835. The molecule has 1 aromatic rings. The lowest BCUT2D eigenvalue weighted by Gasteiger charge is -2.11. The van der Waals surface area contributed by atoms with Crippen LogP contribution in [0.4, 0.5) is 0 Å². The van der Waals surface area contributed by atoms with Crippen LogP contribution in [0.5, 0.6) is 0 Å². The van der Waals surface area contributed by atoms with Gasteiger partial charge in [-0.15, -0.1) is 0 Å². The second-order valence-corrected chi connectivity index (χ2v) is 4.20. The summed E-state index contributed by atoms with van der Waals surface area (Å²) in [6.07, 6.45) is 5.71. The summed E-state index contributed by atoms with van der Waals surface area (Å²) < 4.78 is 0. The van der Waals surface area contributed by atoms with Crippen molar-refractivity contribution in [1.29, 1.82) is 0 Å². The fraction of sp³-hybridized carbons (Fsp3) is 0.400. The van der Waals surface area contributed by atoms with Gasteiger partial charge in [0.25, 0.3) is 0 Å². The maximum absolute atomic E-state index is 10.5. The minimum Gasteiger partial charge on any atom is -0.481 e. The van der Waals surface area contributed by atoms with Gasteiger partial charge in [-0.3, -0.25) is 4.79 Å². The highest BCUT2D eigenvalue weighted by Gasteiger charge is 2.05. The van der Waals surface area contributed by atoms with E-state index >= 15 is 0 Å². The molecule has 1 aromatic carbocycles. The average Bonchev–Trinajstić information content (AvgIpc) is 2.29. The SMILES string of the molecule is CCc1cc(C)cc(CC)c1C=CCC(=O)O. The molecule has 0 unspecified atom stereocenters. The number of carbonyl (C=O) groups is 1. The Bertz CT molecular complexity index is 406. The van der Waals surface area contributed by atoms with Gasteiger partial charge < -0.3 is 5.11 Å². The first kappa shape index (κ1) is 13.5. The van der Waals surface area contributed by atoms with Gasteiger partial charge in [0.1, 0.15) is 0 Å². The van der Waals surface area contributed by atoms with E-state index in [1.807, 2.05) is 6.08 Å². The number of rotatable bonds is 5. The molecule has 0 aromatic heterocycles. The van der Waals surface area contributed by atoms with Crippen LogP contribution in [0.2, 0.25) is 0 Å². The zero-order valence-electron chi connectivity index (χ0n) is 10.8. The summed E-state index contributed by atoms with van der Waals surface area (Å²) in [5.74, 6) is -0.788. The Hall–Kier alpha value is -1.57. The first-order chi connectivity index (χ1) is 8.08. The minimum atomic E-state index is -0.788. The second-order valence-electron chi connectivity index (χ2n) is 4.20. The molecule has 0 heterocycles. The van der Waals surface area contributed by atoms with Gasteiger partial charge in [0, 0.05) is 0 Å². The van der Waals surface area contributed by atoms with E-state index in [1.54, 1.807) is 6.08 Å². The number of hydrogen-bond donors (Lipinski definition) is 1. The molecule has 0 bridgehead atoms. The van der Waals surface area contributed by atoms with Crippen molar-refractivity contribution in [3.63, 3.8) is 0 Å². The third kappa shape index (κ3) is 3.74. The van der Waals surface area contributed by atoms with Crippen molar-refractivity contribution in [1.82, 2.24) is 0 Å². The number of hydrogen-bond acceptors (Lipinski definition) is 1. The highest BCUT2D eigenvalue weighted by molar-refractivity contribution is 5.71. The third-order valence-corrected chi connectivity index (χ3v) is 2.83. The Balaban J connectivity index is 3.10. The summed E-state index contributed by atoms with van der Waals surface area (Å²) in [4.78, 5) is 10.5. The Morgan fingerprint density at radius 2 is 1.76 bits per heavy atom. The number of aliphatic carboxylic acids is 1. The van der Waals surface area contributed by atoms with Crippen molar-refractivity contribution in [3.05, 3.63) is 40.5 Å². The molecule has 0 amide bonds. The monoisotopic (exact) mass is 232 g/mol. The molecule has 0 aliphatic rings. The van der Waals surface area contributed by atoms with Crippen molar-refractivity contribution in [3.8, 4) is 0 Å². The van der Waals surface area contributed by atoms with E-state index in [0.29, 0.717) is 0 Å². The van der Waals surface area contributed by atoms with Gasteiger partial charge in [-0.1, -0.05) is 43.7 Å². The van der Waals surface area contributed by atoms with E-state index < -0.39 is 5.97 Å². The van der Waals surface area contributed by atoms with Crippen LogP contribution < -0.4 is 0 Å². The Labute approximate surface area is 103 Å². The number of carboxylic acid groups (broad SMARTS) is 1. The van der Waals surface area contributed by atoms with E-state index in [0.717, 1.165) is 12.8 Å². The number of benzene rings is 1. The molecule has 0 spiro atoms. The summed E-state index contributed by atoms with van der Waals surface area (Å²) in [5, 5.41) is 8.64. The summed E-state index contributed by atoms with van der Waals surface area (Å²) >= 11 is 0. The van der Waals surface area contributed by atoms with E-state index in [1.165, 1.54) is 22.3 Å². The molecule has 1 N–H and O–H groups in total. The molecule has 17 heavy (non-hydrogen) atoms. The van der Waals surface area contributed by atoms with Gasteiger partial charge in [-0.2, -0.15) is 0 Å². The van der Waals surface area contributed by atoms with E-state index in [-0.39, 0.29) is 6.42 Å². The van der Waals surface area contributed by atoms with Crippen molar-refractivity contribution in [2.45, 2.75) is 40.0 Å². The quantitative estimate of drug-likeness (QED) is 0.842. The molecule has 0 aliphatic heterocycles. The molecule has 2 heteroatoms. The zero-order valence-corrected chi connectivity index (χ0v) is 10.8. The van der Waals surface area contributed by atoms with Crippen molar-refractivity contribution in [2.75, 3.05) is 0 Å². The largest absolute Gasteiger partial charge is 0.481 e. The third-order valence-electron chi connectivity index (χ3n) is 2.83. The summed E-state index contributed by atoms with van der Waals surface area (Å²) in [6, 6.07) is 4.36. The number of aryl methyl sites for hydroxylation is 3. The summed E-state index contributed by atoms with van der Waals surface area (Å²) in [7, 11) is 0. The van der Waals surface area contributed by atoms with Gasteiger partial charge >= 0.3 is 5.97 Å². The first-order valence-electron chi connectivity index (χ1n) is 6.09. The predicted octanol–water partition coefficient (Wildman–Crippen LogP) is 3.61. The molecule has 2 nitrogen and oxygen atoms in total. The van der Waals surface area contributed by atoms with Crippen molar-refractivity contribution < 1.29 is 9.90 Å². The van der Waals surface area contributed by atoms with Crippen LogP contribution in [0.1, 0.15) is 42.5 Å². The highest BCUT2D eigenvalue weighted by Crippen LogP contribution is 2.21. The van der Waals surface area contributed by atoms with Crippen LogP contribution in [-0.2, 0) is 17.6 Å². The van der Waals surface area contributed by atoms with Crippen LogP contribution in [0.3, 0.4) is 0 Å². The molecular weight excluding hydrogens is 212 g/mol. The molecule has 0 fully saturated rings. The lowest BCUT2D eigenvalue weighted by Crippen LogP contribution is -1.96. The maximum Gasteiger partial charge on any atom is 0.307 e. The van der Waals surface area contributed by atoms with Gasteiger partial charge in [0.05, 0.1) is 6.42 Å². The zero-order chi connectivity index (χ0) is 12.8. The van der Waals surface area contributed by atoms with Gasteiger partial charge in [0.2, 0.25) is 0 Å². The van der Waals surface area contributed by atoms with Crippen molar-refractivity contribution >= 4 is 12.0 Å². The van der Waals surface area contributed by atoms with E-state index in [9.17, 15) is 4.79 Å². The predicted molar refractivity (Wildman–Crippen MR) is 71.2 cm³/mol. The van der Waals surface area contributed by atoms with E-state index in [2.05, 4.69) is 32.9 Å². The molecular formula is C15H20O2. The topological polar surface area (TPSA) is 37.3 Å². The van der Waals surface area contributed by atoms with Gasteiger partial charge in [-0.05, 0) is 36.5 Å². The van der Waals surface area contributed by atoms with Gasteiger partial charge in [0.15, 0.2) is 0 Å². The van der Waals surface area contributed by atoms with Crippen LogP contribution in [0, 0.1) is 6.92 Å². The van der Waals surface area contributed by atoms with Crippen LogP contribution in [0.15, 0.2) is 18.2 Å². The van der Waals surface area contributed by atoms with Crippen LogP contribution >= 0.6 is 0 Å². The summed E-state index contributed by atoms with van der Waals surface area (Å²) in [6.45, 7) is 6.36. The van der Waals surface area contributed by atoms with Crippen LogP contribution in [0.25, 0.3) is 6.08 Å². The molecule has 0 atom stereocenters. The number of carboxylic acids is 1. The van der Waals surface area contributed by atoms with Gasteiger partial charge in [-0.25, -0.2) is 0 Å². The average molecular weight is 232 g/mol.